The number of nitrogens with zero attached hydrogens (tertiary/aromatic N) is 2. The third-order valence-corrected chi connectivity index (χ3v) is 4.03. The minimum absolute atomic E-state index is 0.151. The van der Waals surface area contributed by atoms with E-state index < -0.39 is 0 Å². The van der Waals surface area contributed by atoms with Crippen LogP contribution in [0.25, 0.3) is 27.8 Å². The second kappa shape index (κ2) is 5.41. The molecule has 2 heterocycles. The Balaban J connectivity index is 2.05. The maximum absolute atomic E-state index is 12.3. The van der Waals surface area contributed by atoms with Crippen LogP contribution in [0.3, 0.4) is 0 Å². The van der Waals surface area contributed by atoms with Crippen LogP contribution in [-0.2, 0) is 0 Å². The van der Waals surface area contributed by atoms with E-state index in [2.05, 4.69) is 9.97 Å². The summed E-state index contributed by atoms with van der Waals surface area (Å²) in [5.74, 6) is 0. The maximum Gasteiger partial charge on any atom is 0.260 e. The van der Waals surface area contributed by atoms with Crippen LogP contribution in [0.2, 0.25) is 5.02 Å². The molecule has 5 heteroatoms. The summed E-state index contributed by atoms with van der Waals surface area (Å²) in [6.07, 6.45) is 3.36. The first kappa shape index (κ1) is 13.8. The van der Waals surface area contributed by atoms with Crippen LogP contribution in [0.5, 0.6) is 0 Å². The lowest BCUT2D eigenvalue weighted by molar-refractivity contribution is 1.07. The summed E-state index contributed by atoms with van der Waals surface area (Å²) in [4.78, 5) is 19.4. The highest BCUT2D eigenvalue weighted by Crippen LogP contribution is 2.29. The van der Waals surface area contributed by atoms with Gasteiger partial charge in [-0.15, -0.1) is 0 Å². The van der Waals surface area contributed by atoms with Gasteiger partial charge in [0.05, 0.1) is 11.7 Å². The fourth-order valence-corrected chi connectivity index (χ4v) is 2.83. The van der Waals surface area contributed by atoms with Crippen LogP contribution in [0, 0.1) is 0 Å². The molecule has 0 aliphatic heterocycles. The number of H-pyrrole nitrogens is 1. The van der Waals surface area contributed by atoms with Crippen LogP contribution >= 0.6 is 11.6 Å². The van der Waals surface area contributed by atoms with Crippen molar-refractivity contribution in [1.82, 2.24) is 14.5 Å². The first-order chi connectivity index (χ1) is 11.2. The van der Waals surface area contributed by atoms with Gasteiger partial charge in [-0.1, -0.05) is 41.9 Å². The van der Waals surface area contributed by atoms with E-state index in [4.69, 9.17) is 11.6 Å². The molecule has 4 aromatic rings. The van der Waals surface area contributed by atoms with Gasteiger partial charge in [-0.05, 0) is 29.8 Å². The third-order valence-electron chi connectivity index (χ3n) is 3.78. The standard InChI is InChI=1S/C18H12ClN3O/c19-13-6-8-14(9-7-13)22-10-15(12-4-2-1-3-5-12)16-17(22)20-11-21-18(16)23/h1-11H,(H,20,21,23). The molecular weight excluding hydrogens is 310 g/mol. The van der Waals surface area contributed by atoms with E-state index >= 15 is 0 Å². The zero-order valence-electron chi connectivity index (χ0n) is 12.0. The Labute approximate surface area is 137 Å². The van der Waals surface area contributed by atoms with Crippen LogP contribution < -0.4 is 5.56 Å². The molecule has 0 aliphatic rings. The number of hydrogen-bond donors (Lipinski definition) is 1. The molecular formula is C18H12ClN3O. The quantitative estimate of drug-likeness (QED) is 0.606. The number of benzene rings is 2. The lowest BCUT2D eigenvalue weighted by atomic mass is 10.1. The van der Waals surface area contributed by atoms with Crippen molar-refractivity contribution >= 4 is 22.6 Å². The molecule has 0 radical (unpaired) electrons. The van der Waals surface area contributed by atoms with Gasteiger partial charge in [0.1, 0.15) is 0 Å². The Bertz CT molecular complexity index is 1030. The third kappa shape index (κ3) is 2.33. The van der Waals surface area contributed by atoms with E-state index in [0.29, 0.717) is 16.1 Å². The lowest BCUT2D eigenvalue weighted by Gasteiger charge is -2.03. The predicted molar refractivity (Wildman–Crippen MR) is 92.1 cm³/mol. The van der Waals surface area contributed by atoms with Gasteiger partial charge in [-0.25, -0.2) is 4.98 Å². The van der Waals surface area contributed by atoms with E-state index in [1.54, 1.807) is 0 Å². The van der Waals surface area contributed by atoms with Crippen molar-refractivity contribution in [1.29, 1.82) is 0 Å². The topological polar surface area (TPSA) is 50.7 Å². The Hall–Kier alpha value is -2.85. The molecule has 0 saturated carbocycles. The number of halogens is 1. The fraction of sp³-hybridized carbons (Fsp3) is 0. The summed E-state index contributed by atoms with van der Waals surface area (Å²) in [6, 6.07) is 17.2. The summed E-state index contributed by atoms with van der Waals surface area (Å²) < 4.78 is 1.91. The zero-order chi connectivity index (χ0) is 15.8. The number of aromatic amines is 1. The first-order valence-electron chi connectivity index (χ1n) is 7.14. The minimum atomic E-state index is -0.151. The first-order valence-corrected chi connectivity index (χ1v) is 7.52. The van der Waals surface area contributed by atoms with E-state index in [9.17, 15) is 4.79 Å². The number of rotatable bonds is 2. The lowest BCUT2D eigenvalue weighted by Crippen LogP contribution is -2.07. The van der Waals surface area contributed by atoms with Crippen molar-refractivity contribution < 1.29 is 0 Å². The molecule has 23 heavy (non-hydrogen) atoms. The smallest absolute Gasteiger partial charge is 0.260 e. The van der Waals surface area contributed by atoms with Crippen LogP contribution in [0.15, 0.2) is 71.9 Å². The second-order valence-corrected chi connectivity index (χ2v) is 5.62. The normalized spacial score (nSPS) is 11.0. The summed E-state index contributed by atoms with van der Waals surface area (Å²) in [6.45, 7) is 0. The van der Waals surface area contributed by atoms with E-state index in [1.165, 1.54) is 6.33 Å². The summed E-state index contributed by atoms with van der Waals surface area (Å²) in [5, 5.41) is 1.24. The summed E-state index contributed by atoms with van der Waals surface area (Å²) in [7, 11) is 0. The fourth-order valence-electron chi connectivity index (χ4n) is 2.71. The van der Waals surface area contributed by atoms with Crippen molar-refractivity contribution in [2.24, 2.45) is 0 Å². The molecule has 0 bridgehead atoms. The molecule has 0 unspecified atom stereocenters. The molecule has 4 nitrogen and oxygen atoms in total. The Kier molecular flexibility index (Phi) is 3.24. The molecule has 0 atom stereocenters. The molecule has 0 aliphatic carbocycles. The van der Waals surface area contributed by atoms with E-state index in [1.807, 2.05) is 65.4 Å². The molecule has 2 aromatic carbocycles. The molecule has 112 valence electrons. The molecule has 0 amide bonds. The van der Waals surface area contributed by atoms with E-state index in [0.717, 1.165) is 16.8 Å². The van der Waals surface area contributed by atoms with E-state index in [-0.39, 0.29) is 5.56 Å². The Morgan fingerprint density at radius 3 is 2.48 bits per heavy atom. The van der Waals surface area contributed by atoms with Crippen molar-refractivity contribution in [3.05, 3.63) is 82.5 Å². The maximum atomic E-state index is 12.3. The molecule has 0 fully saturated rings. The number of hydrogen-bond acceptors (Lipinski definition) is 2. The van der Waals surface area contributed by atoms with Crippen LogP contribution in [0.1, 0.15) is 0 Å². The number of fused-ring (bicyclic) bond motifs is 1. The molecule has 0 saturated heterocycles. The highest BCUT2D eigenvalue weighted by atomic mass is 35.5. The predicted octanol–water partition coefficient (Wildman–Crippen LogP) is 4.03. The van der Waals surface area contributed by atoms with Gasteiger partial charge in [0, 0.05) is 22.5 Å². The van der Waals surface area contributed by atoms with Crippen molar-refractivity contribution in [2.45, 2.75) is 0 Å². The van der Waals surface area contributed by atoms with Gasteiger partial charge in [0.15, 0.2) is 5.65 Å². The monoisotopic (exact) mass is 321 g/mol. The largest absolute Gasteiger partial charge is 0.312 e. The van der Waals surface area contributed by atoms with Gasteiger partial charge in [0.25, 0.3) is 5.56 Å². The summed E-state index contributed by atoms with van der Waals surface area (Å²) in [5.41, 5.74) is 3.20. The number of nitrogens with one attached hydrogen (secondary N) is 1. The average Bonchev–Trinajstić information content (AvgIpc) is 2.97. The molecule has 4 rings (SSSR count). The van der Waals surface area contributed by atoms with Crippen LogP contribution in [0.4, 0.5) is 0 Å². The van der Waals surface area contributed by atoms with Crippen molar-refractivity contribution in [3.63, 3.8) is 0 Å². The molecule has 2 aromatic heterocycles. The summed E-state index contributed by atoms with van der Waals surface area (Å²) >= 11 is 5.96. The average molecular weight is 322 g/mol. The van der Waals surface area contributed by atoms with Gasteiger partial charge >= 0.3 is 0 Å². The zero-order valence-corrected chi connectivity index (χ0v) is 12.8. The van der Waals surface area contributed by atoms with Crippen molar-refractivity contribution in [3.8, 4) is 16.8 Å². The Morgan fingerprint density at radius 1 is 1.00 bits per heavy atom. The number of aromatic nitrogens is 3. The van der Waals surface area contributed by atoms with Crippen molar-refractivity contribution in [2.75, 3.05) is 0 Å². The minimum Gasteiger partial charge on any atom is -0.312 e. The second-order valence-electron chi connectivity index (χ2n) is 5.19. The Morgan fingerprint density at radius 2 is 1.74 bits per heavy atom. The molecule has 1 N–H and O–H groups in total. The van der Waals surface area contributed by atoms with Gasteiger partial charge in [-0.2, -0.15) is 0 Å². The highest BCUT2D eigenvalue weighted by molar-refractivity contribution is 6.30. The SMILES string of the molecule is O=c1[nH]cnc2c1c(-c1ccccc1)cn2-c1ccc(Cl)cc1. The van der Waals surface area contributed by atoms with Gasteiger partial charge in [-0.3, -0.25) is 4.79 Å². The van der Waals surface area contributed by atoms with Crippen LogP contribution in [-0.4, -0.2) is 14.5 Å². The highest BCUT2D eigenvalue weighted by Gasteiger charge is 2.15. The van der Waals surface area contributed by atoms with Gasteiger partial charge < -0.3 is 9.55 Å². The van der Waals surface area contributed by atoms with Gasteiger partial charge in [0.2, 0.25) is 0 Å². The molecule has 0 spiro atoms.